The molecule has 0 radical (unpaired) electrons. The van der Waals surface area contributed by atoms with E-state index in [1.807, 2.05) is 12.1 Å². The largest absolute Gasteiger partial charge is 0.483 e. The van der Waals surface area contributed by atoms with E-state index >= 15 is 0 Å². The first-order valence-corrected chi connectivity index (χ1v) is 9.90. The number of nitrogens with zero attached hydrogens (tertiary/aromatic N) is 1. The lowest BCUT2D eigenvalue weighted by molar-refractivity contribution is -0.384. The van der Waals surface area contributed by atoms with Gasteiger partial charge in [-0.15, -0.1) is 0 Å². The lowest BCUT2D eigenvalue weighted by Crippen LogP contribution is -2.43. The Morgan fingerprint density at radius 2 is 1.65 bits per heavy atom. The van der Waals surface area contributed by atoms with E-state index < -0.39 is 16.7 Å². The molecular formula is C23H29N3O5. The van der Waals surface area contributed by atoms with Gasteiger partial charge >= 0.3 is 0 Å². The van der Waals surface area contributed by atoms with Crippen LogP contribution in [0.15, 0.2) is 42.5 Å². The number of hydrazine groups is 1. The van der Waals surface area contributed by atoms with E-state index in [1.54, 1.807) is 0 Å². The van der Waals surface area contributed by atoms with Crippen LogP contribution in [0.25, 0.3) is 0 Å². The zero-order chi connectivity index (χ0) is 23.4. The van der Waals surface area contributed by atoms with E-state index in [9.17, 15) is 19.7 Å². The zero-order valence-corrected chi connectivity index (χ0v) is 18.7. The van der Waals surface area contributed by atoms with Crippen LogP contribution in [0.3, 0.4) is 0 Å². The van der Waals surface area contributed by atoms with Gasteiger partial charge in [-0.2, -0.15) is 0 Å². The van der Waals surface area contributed by atoms with Gasteiger partial charge in [0, 0.05) is 17.7 Å². The fraction of sp³-hybridized carbons (Fsp3) is 0.391. The molecule has 0 aliphatic rings. The Morgan fingerprint density at radius 3 is 2.23 bits per heavy atom. The second-order valence-electron chi connectivity index (χ2n) is 9.31. The summed E-state index contributed by atoms with van der Waals surface area (Å²) in [7, 11) is 0. The maximum atomic E-state index is 12.2. The van der Waals surface area contributed by atoms with Gasteiger partial charge in [-0.05, 0) is 34.1 Å². The summed E-state index contributed by atoms with van der Waals surface area (Å²) < 4.78 is 5.73. The molecule has 2 amide bonds. The predicted molar refractivity (Wildman–Crippen MR) is 118 cm³/mol. The average molecular weight is 428 g/mol. The highest BCUT2D eigenvalue weighted by Gasteiger charge is 2.23. The lowest BCUT2D eigenvalue weighted by Gasteiger charge is -2.27. The molecule has 0 saturated heterocycles. The molecular weight excluding hydrogens is 398 g/mol. The molecule has 2 aromatic carbocycles. The van der Waals surface area contributed by atoms with Crippen LogP contribution in [0.4, 0.5) is 5.69 Å². The average Bonchev–Trinajstić information content (AvgIpc) is 2.68. The smallest absolute Gasteiger partial charge is 0.276 e. The van der Waals surface area contributed by atoms with Gasteiger partial charge in [0.25, 0.3) is 17.5 Å². The number of carbonyl (C=O) groups excluding carboxylic acids is 2. The number of hydrogen-bond donors (Lipinski definition) is 2. The number of nitrogens with one attached hydrogen (secondary N) is 2. The summed E-state index contributed by atoms with van der Waals surface area (Å²) in [4.78, 5) is 34.5. The normalized spacial score (nSPS) is 11.5. The first kappa shape index (κ1) is 23.9. The van der Waals surface area contributed by atoms with Crippen molar-refractivity contribution >= 4 is 17.5 Å². The first-order valence-electron chi connectivity index (χ1n) is 9.90. The molecule has 0 aliphatic carbocycles. The SMILES string of the molecule is CC(C)(C)c1ccc(OCC(=O)NNC(=O)c2cccc([N+](=O)[O-])c2)c(C(C)(C)C)c1. The van der Waals surface area contributed by atoms with Gasteiger partial charge in [0.15, 0.2) is 6.61 Å². The summed E-state index contributed by atoms with van der Waals surface area (Å²) in [5.41, 5.74) is 6.27. The summed E-state index contributed by atoms with van der Waals surface area (Å²) in [6.45, 7) is 12.3. The Kier molecular flexibility index (Phi) is 7.05. The van der Waals surface area contributed by atoms with Gasteiger partial charge in [-0.25, -0.2) is 0 Å². The molecule has 8 heteroatoms. The van der Waals surface area contributed by atoms with Crippen molar-refractivity contribution in [2.75, 3.05) is 6.61 Å². The third-order valence-electron chi connectivity index (χ3n) is 4.65. The van der Waals surface area contributed by atoms with E-state index in [4.69, 9.17) is 4.74 Å². The standard InChI is InChI=1S/C23H29N3O5/c1-22(2,3)16-10-11-19(18(13-16)23(4,5)6)31-14-20(27)24-25-21(28)15-8-7-9-17(12-15)26(29)30/h7-13H,14H2,1-6H3,(H,24,27)(H,25,28). The van der Waals surface area contributed by atoms with Crippen molar-refractivity contribution in [1.29, 1.82) is 0 Å². The molecule has 0 spiro atoms. The van der Waals surface area contributed by atoms with Crippen molar-refractivity contribution in [3.63, 3.8) is 0 Å². The lowest BCUT2D eigenvalue weighted by atomic mass is 9.80. The number of nitro benzene ring substituents is 1. The van der Waals surface area contributed by atoms with E-state index in [-0.39, 0.29) is 28.7 Å². The predicted octanol–water partition coefficient (Wildman–Crippen LogP) is 4.03. The van der Waals surface area contributed by atoms with Crippen LogP contribution in [0.1, 0.15) is 63.0 Å². The van der Waals surface area contributed by atoms with Crippen molar-refractivity contribution in [3.8, 4) is 5.75 Å². The minimum absolute atomic E-state index is 0.0211. The molecule has 31 heavy (non-hydrogen) atoms. The number of rotatable bonds is 5. The monoisotopic (exact) mass is 427 g/mol. The van der Waals surface area contributed by atoms with Crippen molar-refractivity contribution in [3.05, 3.63) is 69.3 Å². The number of benzene rings is 2. The maximum Gasteiger partial charge on any atom is 0.276 e. The van der Waals surface area contributed by atoms with Crippen molar-refractivity contribution < 1.29 is 19.2 Å². The number of carbonyl (C=O) groups is 2. The number of non-ortho nitro benzene ring substituents is 1. The molecule has 0 fully saturated rings. The Hall–Kier alpha value is -3.42. The van der Waals surface area contributed by atoms with Gasteiger partial charge in [0.1, 0.15) is 5.75 Å². The minimum Gasteiger partial charge on any atom is -0.483 e. The van der Waals surface area contributed by atoms with Crippen LogP contribution in [0.5, 0.6) is 5.75 Å². The van der Waals surface area contributed by atoms with Crippen molar-refractivity contribution in [2.45, 2.75) is 52.4 Å². The molecule has 8 nitrogen and oxygen atoms in total. The second kappa shape index (κ2) is 9.16. The maximum absolute atomic E-state index is 12.2. The minimum atomic E-state index is -0.665. The third kappa shape index (κ3) is 6.53. The van der Waals surface area contributed by atoms with E-state index in [1.165, 1.54) is 23.8 Å². The molecule has 0 unspecified atom stereocenters. The van der Waals surface area contributed by atoms with Gasteiger partial charge < -0.3 is 4.74 Å². The second-order valence-corrected chi connectivity index (χ2v) is 9.31. The topological polar surface area (TPSA) is 111 Å². The summed E-state index contributed by atoms with van der Waals surface area (Å²) in [6.07, 6.45) is 0. The molecule has 0 atom stereocenters. The number of ether oxygens (including phenoxy) is 1. The van der Waals surface area contributed by atoms with Crippen LogP contribution < -0.4 is 15.6 Å². The third-order valence-corrected chi connectivity index (χ3v) is 4.65. The highest BCUT2D eigenvalue weighted by Crippen LogP contribution is 2.35. The summed E-state index contributed by atoms with van der Waals surface area (Å²) >= 11 is 0. The van der Waals surface area contributed by atoms with Gasteiger partial charge in [-0.3, -0.25) is 30.6 Å². The fourth-order valence-electron chi connectivity index (χ4n) is 2.85. The van der Waals surface area contributed by atoms with Gasteiger partial charge in [0.2, 0.25) is 0 Å². The fourth-order valence-corrected chi connectivity index (χ4v) is 2.85. The first-order chi connectivity index (χ1) is 14.3. The Bertz CT molecular complexity index is 987. The quantitative estimate of drug-likeness (QED) is 0.553. The summed E-state index contributed by atoms with van der Waals surface area (Å²) in [5, 5.41) is 10.8. The molecule has 0 heterocycles. The molecule has 0 aromatic heterocycles. The Labute approximate surface area is 182 Å². The number of amides is 2. The molecule has 2 aromatic rings. The molecule has 2 N–H and O–H groups in total. The zero-order valence-electron chi connectivity index (χ0n) is 18.7. The van der Waals surface area contributed by atoms with Crippen LogP contribution in [-0.2, 0) is 15.6 Å². The summed E-state index contributed by atoms with van der Waals surface area (Å²) in [6, 6.07) is 11.1. The van der Waals surface area contributed by atoms with Crippen LogP contribution in [0.2, 0.25) is 0 Å². The van der Waals surface area contributed by atoms with Gasteiger partial charge in [-0.1, -0.05) is 59.7 Å². The number of nitro groups is 1. The molecule has 2 rings (SSSR count). The van der Waals surface area contributed by atoms with E-state index in [0.29, 0.717) is 5.75 Å². The summed E-state index contributed by atoms with van der Waals surface area (Å²) in [5.74, 6) is -0.624. The van der Waals surface area contributed by atoms with Crippen molar-refractivity contribution in [1.82, 2.24) is 10.9 Å². The van der Waals surface area contributed by atoms with E-state index in [0.717, 1.165) is 11.6 Å². The van der Waals surface area contributed by atoms with Gasteiger partial charge in [0.05, 0.1) is 4.92 Å². The van der Waals surface area contributed by atoms with Crippen LogP contribution in [0, 0.1) is 10.1 Å². The van der Waals surface area contributed by atoms with Crippen LogP contribution in [-0.4, -0.2) is 23.3 Å². The Morgan fingerprint density at radius 1 is 0.968 bits per heavy atom. The molecule has 0 saturated carbocycles. The molecule has 0 bridgehead atoms. The highest BCUT2D eigenvalue weighted by molar-refractivity contribution is 5.96. The molecule has 166 valence electrons. The molecule has 0 aliphatic heterocycles. The highest BCUT2D eigenvalue weighted by atomic mass is 16.6. The van der Waals surface area contributed by atoms with Crippen LogP contribution >= 0.6 is 0 Å². The van der Waals surface area contributed by atoms with Crippen molar-refractivity contribution in [2.24, 2.45) is 0 Å². The number of hydrogen-bond acceptors (Lipinski definition) is 5. The van der Waals surface area contributed by atoms with E-state index in [2.05, 4.69) is 58.5 Å². The Balaban J connectivity index is 2.02.